The topological polar surface area (TPSA) is 34.9 Å². The molecule has 0 bridgehead atoms. The minimum atomic E-state index is 0.0509. The van der Waals surface area contributed by atoms with Crippen LogP contribution in [0.2, 0.25) is 0 Å². The second kappa shape index (κ2) is 2.86. The SMILES string of the molecule is Cc1cncn(C(C)C)c1=O. The highest BCUT2D eigenvalue weighted by atomic mass is 16.1. The number of rotatable bonds is 1. The number of hydrogen-bond acceptors (Lipinski definition) is 2. The van der Waals surface area contributed by atoms with Crippen LogP contribution in [0, 0.1) is 6.92 Å². The molecule has 1 rings (SSSR count). The molecule has 0 aliphatic carbocycles. The predicted molar refractivity (Wildman–Crippen MR) is 43.6 cm³/mol. The summed E-state index contributed by atoms with van der Waals surface area (Å²) in [7, 11) is 0. The van der Waals surface area contributed by atoms with E-state index in [0.29, 0.717) is 5.56 Å². The Morgan fingerprint density at radius 1 is 1.55 bits per heavy atom. The summed E-state index contributed by atoms with van der Waals surface area (Å²) in [6.45, 7) is 5.69. The molecule has 0 aliphatic rings. The Morgan fingerprint density at radius 3 is 2.64 bits per heavy atom. The molecule has 0 amide bonds. The smallest absolute Gasteiger partial charge is 0.256 e. The average Bonchev–Trinajstić information content (AvgIpc) is 1.94. The van der Waals surface area contributed by atoms with E-state index < -0.39 is 0 Å². The molecule has 0 unspecified atom stereocenters. The van der Waals surface area contributed by atoms with Gasteiger partial charge in [0.05, 0.1) is 6.33 Å². The van der Waals surface area contributed by atoms with Crippen LogP contribution in [0.3, 0.4) is 0 Å². The Balaban J connectivity index is 3.28. The first-order valence-corrected chi connectivity index (χ1v) is 3.65. The molecule has 0 N–H and O–H groups in total. The van der Waals surface area contributed by atoms with Gasteiger partial charge in [-0.1, -0.05) is 0 Å². The number of nitrogens with zero attached hydrogens (tertiary/aromatic N) is 2. The highest BCUT2D eigenvalue weighted by Crippen LogP contribution is 1.97. The molecule has 60 valence electrons. The molecule has 0 aliphatic heterocycles. The van der Waals surface area contributed by atoms with Crippen LogP contribution < -0.4 is 5.56 Å². The zero-order valence-electron chi connectivity index (χ0n) is 7.03. The minimum absolute atomic E-state index is 0.0509. The van der Waals surface area contributed by atoms with Gasteiger partial charge in [-0.2, -0.15) is 0 Å². The van der Waals surface area contributed by atoms with Gasteiger partial charge >= 0.3 is 0 Å². The van der Waals surface area contributed by atoms with Gasteiger partial charge in [0.1, 0.15) is 0 Å². The van der Waals surface area contributed by atoms with E-state index in [9.17, 15) is 4.79 Å². The summed E-state index contributed by atoms with van der Waals surface area (Å²) in [4.78, 5) is 15.3. The van der Waals surface area contributed by atoms with Gasteiger partial charge in [-0.25, -0.2) is 4.98 Å². The number of hydrogen-bond donors (Lipinski definition) is 0. The molecule has 0 fully saturated rings. The third-order valence-electron chi connectivity index (χ3n) is 1.59. The Morgan fingerprint density at radius 2 is 2.18 bits per heavy atom. The van der Waals surface area contributed by atoms with Crippen LogP contribution in [0.1, 0.15) is 25.5 Å². The minimum Gasteiger partial charge on any atom is -0.297 e. The van der Waals surface area contributed by atoms with E-state index in [2.05, 4.69) is 4.98 Å². The predicted octanol–water partition coefficient (Wildman–Crippen LogP) is 1.13. The zero-order chi connectivity index (χ0) is 8.43. The Bertz CT molecular complexity index is 301. The quantitative estimate of drug-likeness (QED) is 0.604. The van der Waals surface area contributed by atoms with E-state index in [-0.39, 0.29) is 11.6 Å². The normalized spacial score (nSPS) is 10.5. The lowest BCUT2D eigenvalue weighted by Crippen LogP contribution is -2.23. The fourth-order valence-corrected chi connectivity index (χ4v) is 0.896. The van der Waals surface area contributed by atoms with Crippen LogP contribution in [-0.2, 0) is 0 Å². The van der Waals surface area contributed by atoms with Gasteiger partial charge < -0.3 is 0 Å². The maximum atomic E-state index is 11.3. The number of aryl methyl sites for hydroxylation is 1. The second-order valence-electron chi connectivity index (χ2n) is 2.88. The van der Waals surface area contributed by atoms with Crippen molar-refractivity contribution in [1.82, 2.24) is 9.55 Å². The summed E-state index contributed by atoms with van der Waals surface area (Å²) in [5, 5.41) is 0. The zero-order valence-corrected chi connectivity index (χ0v) is 7.03. The first kappa shape index (κ1) is 7.98. The van der Waals surface area contributed by atoms with Gasteiger partial charge in [0.2, 0.25) is 0 Å². The van der Waals surface area contributed by atoms with E-state index in [0.717, 1.165) is 0 Å². The molecule has 3 heteroatoms. The summed E-state index contributed by atoms with van der Waals surface area (Å²) >= 11 is 0. The van der Waals surface area contributed by atoms with Gasteiger partial charge in [-0.3, -0.25) is 9.36 Å². The van der Waals surface area contributed by atoms with Gasteiger partial charge in [-0.05, 0) is 20.8 Å². The summed E-state index contributed by atoms with van der Waals surface area (Å²) in [5.74, 6) is 0. The molecule has 3 nitrogen and oxygen atoms in total. The van der Waals surface area contributed by atoms with Crippen molar-refractivity contribution in [1.29, 1.82) is 0 Å². The highest BCUT2D eigenvalue weighted by Gasteiger charge is 2.01. The number of aromatic nitrogens is 2. The van der Waals surface area contributed by atoms with Crippen molar-refractivity contribution in [2.24, 2.45) is 0 Å². The molecule has 1 aromatic rings. The van der Waals surface area contributed by atoms with Crippen molar-refractivity contribution in [2.45, 2.75) is 26.8 Å². The molecule has 0 saturated carbocycles. The molecular weight excluding hydrogens is 140 g/mol. The Hall–Kier alpha value is -1.12. The molecule has 0 aromatic carbocycles. The molecular formula is C8H12N2O. The lowest BCUT2D eigenvalue weighted by Gasteiger charge is -2.08. The Kier molecular flexibility index (Phi) is 2.08. The van der Waals surface area contributed by atoms with Crippen molar-refractivity contribution in [3.05, 3.63) is 28.4 Å². The molecule has 0 saturated heterocycles. The lowest BCUT2D eigenvalue weighted by atomic mass is 10.3. The summed E-state index contributed by atoms with van der Waals surface area (Å²) in [5.41, 5.74) is 0.746. The fourth-order valence-electron chi connectivity index (χ4n) is 0.896. The van der Waals surface area contributed by atoms with E-state index in [1.807, 2.05) is 13.8 Å². The maximum Gasteiger partial charge on any atom is 0.256 e. The third-order valence-corrected chi connectivity index (χ3v) is 1.59. The van der Waals surface area contributed by atoms with Crippen molar-refractivity contribution in [2.75, 3.05) is 0 Å². The van der Waals surface area contributed by atoms with Crippen molar-refractivity contribution in [3.63, 3.8) is 0 Å². The van der Waals surface area contributed by atoms with Gasteiger partial charge in [0.15, 0.2) is 0 Å². The Labute approximate surface area is 65.7 Å². The van der Waals surface area contributed by atoms with Crippen LogP contribution in [0.25, 0.3) is 0 Å². The van der Waals surface area contributed by atoms with E-state index >= 15 is 0 Å². The van der Waals surface area contributed by atoms with E-state index in [4.69, 9.17) is 0 Å². The highest BCUT2D eigenvalue weighted by molar-refractivity contribution is 5.01. The molecule has 0 radical (unpaired) electrons. The first-order valence-electron chi connectivity index (χ1n) is 3.65. The van der Waals surface area contributed by atoms with Crippen LogP contribution in [-0.4, -0.2) is 9.55 Å². The van der Waals surface area contributed by atoms with E-state index in [1.165, 1.54) is 0 Å². The van der Waals surface area contributed by atoms with Crippen molar-refractivity contribution >= 4 is 0 Å². The lowest BCUT2D eigenvalue weighted by molar-refractivity contribution is 0.564. The van der Waals surface area contributed by atoms with Crippen molar-refractivity contribution < 1.29 is 0 Å². The third kappa shape index (κ3) is 1.48. The van der Waals surface area contributed by atoms with Crippen LogP contribution in [0.4, 0.5) is 0 Å². The standard InChI is InChI=1S/C8H12N2O/c1-6(2)10-5-9-4-7(3)8(10)11/h4-6H,1-3H3. The molecule has 0 spiro atoms. The first-order chi connectivity index (χ1) is 5.13. The maximum absolute atomic E-state index is 11.3. The van der Waals surface area contributed by atoms with E-state index in [1.54, 1.807) is 24.0 Å². The van der Waals surface area contributed by atoms with Crippen LogP contribution in [0.5, 0.6) is 0 Å². The molecule has 0 atom stereocenters. The van der Waals surface area contributed by atoms with Gasteiger partial charge in [0.25, 0.3) is 5.56 Å². The summed E-state index contributed by atoms with van der Waals surface area (Å²) < 4.78 is 1.62. The second-order valence-corrected chi connectivity index (χ2v) is 2.88. The molecule has 1 heterocycles. The fraction of sp³-hybridized carbons (Fsp3) is 0.500. The van der Waals surface area contributed by atoms with Crippen molar-refractivity contribution in [3.8, 4) is 0 Å². The summed E-state index contributed by atoms with van der Waals surface area (Å²) in [6, 6.07) is 0.190. The molecule has 1 aromatic heterocycles. The largest absolute Gasteiger partial charge is 0.297 e. The van der Waals surface area contributed by atoms with Crippen LogP contribution in [0.15, 0.2) is 17.3 Å². The monoisotopic (exact) mass is 152 g/mol. The summed E-state index contributed by atoms with van der Waals surface area (Å²) in [6.07, 6.45) is 3.15. The van der Waals surface area contributed by atoms with Gasteiger partial charge in [-0.15, -0.1) is 0 Å². The van der Waals surface area contributed by atoms with Gasteiger partial charge in [0, 0.05) is 17.8 Å². The average molecular weight is 152 g/mol. The molecule has 11 heavy (non-hydrogen) atoms. The van der Waals surface area contributed by atoms with Crippen LogP contribution >= 0.6 is 0 Å².